The zero-order valence-electron chi connectivity index (χ0n) is 17.1. The number of rotatable bonds is 4. The largest absolute Gasteiger partial charge is 0.333 e. The molecule has 0 aliphatic heterocycles. The van der Waals surface area contributed by atoms with Gasteiger partial charge >= 0.3 is 0 Å². The van der Waals surface area contributed by atoms with Crippen molar-refractivity contribution in [2.75, 3.05) is 0 Å². The third-order valence-corrected chi connectivity index (χ3v) is 6.14. The number of nitrogens with zero attached hydrogens (tertiary/aromatic N) is 5. The fourth-order valence-electron chi connectivity index (χ4n) is 3.70. The number of benzene rings is 3. The lowest BCUT2D eigenvalue weighted by atomic mass is 10.1. The summed E-state index contributed by atoms with van der Waals surface area (Å²) in [5.74, 6) is 0.676. The van der Waals surface area contributed by atoms with E-state index in [9.17, 15) is 9.18 Å². The molecule has 0 saturated heterocycles. The number of aromatic nitrogens is 6. The van der Waals surface area contributed by atoms with Crippen molar-refractivity contribution in [3.05, 3.63) is 94.8 Å². The van der Waals surface area contributed by atoms with Crippen molar-refractivity contribution in [2.24, 2.45) is 0 Å². The van der Waals surface area contributed by atoms with Crippen LogP contribution in [0.1, 0.15) is 5.82 Å². The third kappa shape index (κ3) is 3.52. The number of hydrogen-bond acceptors (Lipinski definition) is 6. The molecule has 3 aromatic carbocycles. The first-order valence-corrected chi connectivity index (χ1v) is 11.2. The van der Waals surface area contributed by atoms with E-state index in [1.54, 1.807) is 4.52 Å². The Bertz CT molecular complexity index is 1680. The van der Waals surface area contributed by atoms with Gasteiger partial charge < -0.3 is 4.98 Å². The van der Waals surface area contributed by atoms with E-state index in [0.29, 0.717) is 22.8 Å². The van der Waals surface area contributed by atoms with Crippen LogP contribution in [0.25, 0.3) is 38.8 Å². The predicted octanol–water partition coefficient (Wildman–Crippen LogP) is 4.61. The minimum absolute atomic E-state index is 0.138. The number of fused-ring (bicyclic) bond motifs is 4. The van der Waals surface area contributed by atoms with Crippen LogP contribution in [0.3, 0.4) is 0 Å². The van der Waals surface area contributed by atoms with Gasteiger partial charge in [0.1, 0.15) is 11.6 Å². The Morgan fingerprint density at radius 3 is 2.45 bits per heavy atom. The second-order valence-corrected chi connectivity index (χ2v) is 8.36. The van der Waals surface area contributed by atoms with Gasteiger partial charge in [0.2, 0.25) is 0 Å². The molecule has 3 heterocycles. The average molecular weight is 454 g/mol. The molecule has 6 rings (SSSR count). The molecule has 0 saturated carbocycles. The van der Waals surface area contributed by atoms with Crippen molar-refractivity contribution in [3.8, 4) is 11.3 Å². The molecule has 0 unspecified atom stereocenters. The number of aromatic amines is 1. The molecule has 0 radical (unpaired) electrons. The fraction of sp³-hybridized carbons (Fsp3) is 0.0417. The van der Waals surface area contributed by atoms with Gasteiger partial charge in [0.05, 0.1) is 22.3 Å². The van der Waals surface area contributed by atoms with Crippen LogP contribution < -0.4 is 5.56 Å². The molecule has 0 atom stereocenters. The third-order valence-electron chi connectivity index (χ3n) is 5.27. The zero-order chi connectivity index (χ0) is 22.4. The van der Waals surface area contributed by atoms with Crippen LogP contribution in [-0.4, -0.2) is 29.5 Å². The second-order valence-electron chi connectivity index (χ2n) is 7.40. The summed E-state index contributed by atoms with van der Waals surface area (Å²) in [4.78, 5) is 29.9. The molecule has 1 N–H and O–H groups in total. The maximum absolute atomic E-state index is 13.4. The number of nitrogens with one attached hydrogen (secondary N) is 1. The quantitative estimate of drug-likeness (QED) is 0.309. The molecule has 6 aromatic rings. The first-order chi connectivity index (χ1) is 16.2. The van der Waals surface area contributed by atoms with Gasteiger partial charge in [-0.25, -0.2) is 14.4 Å². The monoisotopic (exact) mass is 454 g/mol. The van der Waals surface area contributed by atoms with Gasteiger partial charge in [-0.3, -0.25) is 4.79 Å². The fourth-order valence-corrected chi connectivity index (χ4v) is 4.50. The summed E-state index contributed by atoms with van der Waals surface area (Å²) in [6.45, 7) is 0. The van der Waals surface area contributed by atoms with Crippen LogP contribution in [0.15, 0.2) is 82.7 Å². The zero-order valence-corrected chi connectivity index (χ0v) is 17.9. The number of imidazole rings is 1. The minimum atomic E-state index is -0.478. The minimum Gasteiger partial charge on any atom is -0.333 e. The summed E-state index contributed by atoms with van der Waals surface area (Å²) in [6.07, 6.45) is 0. The smallest absolute Gasteiger partial charge is 0.300 e. The van der Waals surface area contributed by atoms with E-state index in [-0.39, 0.29) is 11.5 Å². The first-order valence-electron chi connectivity index (χ1n) is 10.2. The topological polar surface area (TPSA) is 88.8 Å². The van der Waals surface area contributed by atoms with Crippen molar-refractivity contribution in [1.82, 2.24) is 29.5 Å². The van der Waals surface area contributed by atoms with Crippen LogP contribution in [0, 0.1) is 5.82 Å². The van der Waals surface area contributed by atoms with Crippen molar-refractivity contribution in [2.45, 2.75) is 10.9 Å². The normalized spacial score (nSPS) is 11.5. The highest BCUT2D eigenvalue weighted by Gasteiger charge is 2.16. The molecule has 33 heavy (non-hydrogen) atoms. The second kappa shape index (κ2) is 7.79. The lowest BCUT2D eigenvalue weighted by molar-refractivity contribution is 0.628. The van der Waals surface area contributed by atoms with Crippen molar-refractivity contribution < 1.29 is 4.39 Å². The summed E-state index contributed by atoms with van der Waals surface area (Å²) in [5, 5.41) is 6.08. The standard InChI is InChI=1S/C24H15FN6OS/c25-15-11-9-14(10-12-15)21-23(32)29-22-16-5-1-2-6-17(16)26-20(31(22)30-21)13-33-24-27-18-7-3-4-8-19(18)28-24/h1-12H,13H2,(H,27,28). The molecule has 0 amide bonds. The highest BCUT2D eigenvalue weighted by molar-refractivity contribution is 7.98. The highest BCUT2D eigenvalue weighted by Crippen LogP contribution is 2.25. The Balaban J connectivity index is 1.50. The van der Waals surface area contributed by atoms with Gasteiger partial charge in [-0.15, -0.1) is 0 Å². The van der Waals surface area contributed by atoms with Crippen LogP contribution in [0.4, 0.5) is 4.39 Å². The Labute approximate surface area is 190 Å². The highest BCUT2D eigenvalue weighted by atomic mass is 32.2. The Morgan fingerprint density at radius 2 is 1.64 bits per heavy atom. The summed E-state index contributed by atoms with van der Waals surface area (Å²) >= 11 is 1.48. The van der Waals surface area contributed by atoms with Gasteiger partial charge in [-0.1, -0.05) is 36.0 Å². The van der Waals surface area contributed by atoms with E-state index >= 15 is 0 Å². The van der Waals surface area contributed by atoms with Crippen LogP contribution in [0.5, 0.6) is 0 Å². The molecule has 3 aromatic heterocycles. The number of hydrogen-bond donors (Lipinski definition) is 1. The maximum atomic E-state index is 13.4. The molecule has 0 aliphatic carbocycles. The van der Waals surface area contributed by atoms with E-state index in [1.165, 1.54) is 36.0 Å². The summed E-state index contributed by atoms with van der Waals surface area (Å²) in [7, 11) is 0. The Morgan fingerprint density at radius 1 is 0.879 bits per heavy atom. The molecule has 0 aliphatic rings. The van der Waals surface area contributed by atoms with Gasteiger partial charge in [-0.05, 0) is 48.5 Å². The van der Waals surface area contributed by atoms with E-state index in [4.69, 9.17) is 4.98 Å². The summed E-state index contributed by atoms with van der Waals surface area (Å²) in [6, 6.07) is 20.9. The number of H-pyrrole nitrogens is 1. The van der Waals surface area contributed by atoms with Crippen molar-refractivity contribution in [3.63, 3.8) is 0 Å². The molecular formula is C24H15FN6OS. The molecule has 0 spiro atoms. The molecule has 0 fully saturated rings. The van der Waals surface area contributed by atoms with Gasteiger partial charge in [0.15, 0.2) is 16.5 Å². The molecule has 9 heteroatoms. The van der Waals surface area contributed by atoms with E-state index in [2.05, 4.69) is 20.1 Å². The van der Waals surface area contributed by atoms with Crippen LogP contribution >= 0.6 is 11.8 Å². The van der Waals surface area contributed by atoms with Crippen molar-refractivity contribution >= 4 is 39.3 Å². The van der Waals surface area contributed by atoms with Crippen molar-refractivity contribution in [1.29, 1.82) is 0 Å². The van der Waals surface area contributed by atoms with Gasteiger partial charge in [0.25, 0.3) is 5.56 Å². The van der Waals surface area contributed by atoms with Gasteiger partial charge in [-0.2, -0.15) is 14.6 Å². The number of para-hydroxylation sites is 3. The average Bonchev–Trinajstić information content (AvgIpc) is 3.26. The van der Waals surface area contributed by atoms with Crippen LogP contribution in [0.2, 0.25) is 0 Å². The Kier molecular flexibility index (Phi) is 4.62. The van der Waals surface area contributed by atoms with Gasteiger partial charge in [0, 0.05) is 10.9 Å². The first kappa shape index (κ1) is 19.6. The van der Waals surface area contributed by atoms with E-state index in [0.717, 1.165) is 27.1 Å². The lowest BCUT2D eigenvalue weighted by Crippen LogP contribution is -2.18. The number of halogens is 1. The lowest BCUT2D eigenvalue weighted by Gasteiger charge is -2.11. The Hall–Kier alpha value is -4.11. The van der Waals surface area contributed by atoms with E-state index < -0.39 is 5.56 Å². The SMILES string of the molecule is O=c1nc2c3ccccc3nc(CSc3nc4ccccc4[nH]3)n2nc1-c1ccc(F)cc1. The predicted molar refractivity (Wildman–Crippen MR) is 126 cm³/mol. The molecule has 7 nitrogen and oxygen atoms in total. The van der Waals surface area contributed by atoms with Crippen LogP contribution in [-0.2, 0) is 5.75 Å². The molecular weight excluding hydrogens is 439 g/mol. The summed E-state index contributed by atoms with van der Waals surface area (Å²) in [5.41, 5.74) is 3.15. The molecule has 160 valence electrons. The summed E-state index contributed by atoms with van der Waals surface area (Å²) < 4.78 is 15.0. The van der Waals surface area contributed by atoms with E-state index in [1.807, 2.05) is 48.5 Å². The molecule has 0 bridgehead atoms. The number of thioether (sulfide) groups is 1. The maximum Gasteiger partial charge on any atom is 0.300 e.